The van der Waals surface area contributed by atoms with E-state index in [-0.39, 0.29) is 0 Å². The summed E-state index contributed by atoms with van der Waals surface area (Å²) in [4.78, 5) is 0. The van der Waals surface area contributed by atoms with Crippen LogP contribution in [0.2, 0.25) is 0 Å². The third kappa shape index (κ3) is 4.99. The van der Waals surface area contributed by atoms with E-state index in [0.717, 1.165) is 31.1 Å². The van der Waals surface area contributed by atoms with Gasteiger partial charge in [-0.3, -0.25) is 0 Å². The summed E-state index contributed by atoms with van der Waals surface area (Å²) in [6.07, 6.45) is 6.00. The zero-order valence-electron chi connectivity index (χ0n) is 15.4. The Balaban J connectivity index is 1.61. The molecule has 0 aliphatic heterocycles. The molecule has 2 aromatic rings. The minimum atomic E-state index is 0.424. The maximum atomic E-state index is 6.14. The highest BCUT2D eigenvalue weighted by Gasteiger charge is 2.13. The van der Waals surface area contributed by atoms with E-state index in [1.54, 1.807) is 7.11 Å². The summed E-state index contributed by atoms with van der Waals surface area (Å²) >= 11 is 0. The maximum absolute atomic E-state index is 6.14. The number of nitrogens with one attached hydrogen (secondary N) is 1. The molecular weight excluding hydrogens is 310 g/mol. The second-order valence-corrected chi connectivity index (χ2v) is 6.93. The van der Waals surface area contributed by atoms with Gasteiger partial charge in [-0.25, -0.2) is 0 Å². The Hall–Kier alpha value is -2.00. The van der Waals surface area contributed by atoms with Crippen LogP contribution < -0.4 is 14.8 Å². The van der Waals surface area contributed by atoms with Crippen molar-refractivity contribution in [1.82, 2.24) is 5.32 Å². The second kappa shape index (κ2) is 8.91. The van der Waals surface area contributed by atoms with Gasteiger partial charge in [0, 0.05) is 12.5 Å². The van der Waals surface area contributed by atoms with Crippen molar-refractivity contribution in [1.29, 1.82) is 0 Å². The highest BCUT2D eigenvalue weighted by molar-refractivity contribution is 5.37. The molecular formula is C22H29NO2. The van der Waals surface area contributed by atoms with Gasteiger partial charge in [0.25, 0.3) is 0 Å². The number of rotatable bonds is 8. The summed E-state index contributed by atoms with van der Waals surface area (Å²) in [6, 6.07) is 14.9. The minimum absolute atomic E-state index is 0.424. The maximum Gasteiger partial charge on any atom is 0.119 e. The fraction of sp³-hybridized carbons (Fsp3) is 0.455. The third-order valence-corrected chi connectivity index (χ3v) is 4.96. The van der Waals surface area contributed by atoms with Crippen LogP contribution >= 0.6 is 0 Å². The standard InChI is InChI=1S/C22H29NO2/c1-23-15-18(12-17-6-5-9-21(13-17)24-2)16-25-22-11-10-19-7-3-4-8-20(19)14-22/h5-6,9-11,13-14,18,23H,3-4,7-8,12,15-16H2,1-2H3. The topological polar surface area (TPSA) is 30.5 Å². The summed E-state index contributed by atoms with van der Waals surface area (Å²) in [7, 11) is 3.71. The summed E-state index contributed by atoms with van der Waals surface area (Å²) in [5, 5.41) is 3.29. The van der Waals surface area contributed by atoms with Gasteiger partial charge in [0.05, 0.1) is 13.7 Å². The fourth-order valence-corrected chi connectivity index (χ4v) is 3.63. The second-order valence-electron chi connectivity index (χ2n) is 6.93. The van der Waals surface area contributed by atoms with Crippen LogP contribution in [0.5, 0.6) is 11.5 Å². The van der Waals surface area contributed by atoms with Gasteiger partial charge in [0.15, 0.2) is 0 Å². The van der Waals surface area contributed by atoms with E-state index in [1.807, 2.05) is 13.1 Å². The van der Waals surface area contributed by atoms with Gasteiger partial charge in [-0.05, 0) is 80.1 Å². The highest BCUT2D eigenvalue weighted by atomic mass is 16.5. The van der Waals surface area contributed by atoms with Crippen molar-refractivity contribution in [2.24, 2.45) is 5.92 Å². The van der Waals surface area contributed by atoms with Gasteiger partial charge in [-0.2, -0.15) is 0 Å². The molecule has 1 atom stereocenters. The molecule has 3 rings (SSSR count). The van der Waals surface area contributed by atoms with E-state index in [0.29, 0.717) is 5.92 Å². The molecule has 0 heterocycles. The molecule has 1 N–H and O–H groups in total. The molecule has 0 amide bonds. The summed E-state index contributed by atoms with van der Waals surface area (Å²) < 4.78 is 11.5. The summed E-state index contributed by atoms with van der Waals surface area (Å²) in [5.74, 6) is 2.34. The van der Waals surface area contributed by atoms with Crippen LogP contribution in [0.3, 0.4) is 0 Å². The monoisotopic (exact) mass is 339 g/mol. The van der Waals surface area contributed by atoms with Crippen molar-refractivity contribution >= 4 is 0 Å². The van der Waals surface area contributed by atoms with E-state index < -0.39 is 0 Å². The van der Waals surface area contributed by atoms with Crippen molar-refractivity contribution < 1.29 is 9.47 Å². The number of hydrogen-bond donors (Lipinski definition) is 1. The predicted octanol–water partition coefficient (Wildman–Crippen LogP) is 4.03. The van der Waals surface area contributed by atoms with Crippen molar-refractivity contribution in [3.05, 3.63) is 59.2 Å². The molecule has 3 nitrogen and oxygen atoms in total. The van der Waals surface area contributed by atoms with E-state index in [1.165, 1.54) is 42.4 Å². The smallest absolute Gasteiger partial charge is 0.119 e. The first-order valence-electron chi connectivity index (χ1n) is 9.30. The molecule has 134 valence electrons. The van der Waals surface area contributed by atoms with Gasteiger partial charge in [0.1, 0.15) is 11.5 Å². The largest absolute Gasteiger partial charge is 0.497 e. The van der Waals surface area contributed by atoms with Crippen molar-refractivity contribution in [2.75, 3.05) is 27.3 Å². The summed E-state index contributed by atoms with van der Waals surface area (Å²) in [6.45, 7) is 1.65. The van der Waals surface area contributed by atoms with Gasteiger partial charge in [-0.1, -0.05) is 18.2 Å². The van der Waals surface area contributed by atoms with Gasteiger partial charge in [0.2, 0.25) is 0 Å². The van der Waals surface area contributed by atoms with E-state index >= 15 is 0 Å². The Morgan fingerprint density at radius 2 is 1.84 bits per heavy atom. The fourth-order valence-electron chi connectivity index (χ4n) is 3.63. The first-order chi connectivity index (χ1) is 12.3. The van der Waals surface area contributed by atoms with E-state index in [2.05, 4.69) is 41.7 Å². The lowest BCUT2D eigenvalue weighted by Gasteiger charge is -2.20. The Morgan fingerprint density at radius 3 is 2.64 bits per heavy atom. The Kier molecular flexibility index (Phi) is 6.35. The number of hydrogen-bond acceptors (Lipinski definition) is 3. The van der Waals surface area contributed by atoms with Crippen LogP contribution in [-0.2, 0) is 19.3 Å². The molecule has 1 aliphatic rings. The number of methoxy groups -OCH3 is 1. The molecule has 0 radical (unpaired) electrons. The predicted molar refractivity (Wildman–Crippen MR) is 103 cm³/mol. The Labute approximate surface area is 151 Å². The molecule has 0 fully saturated rings. The van der Waals surface area contributed by atoms with Crippen LogP contribution in [0.25, 0.3) is 0 Å². The summed E-state index contributed by atoms with van der Waals surface area (Å²) in [5.41, 5.74) is 4.26. The normalized spacial score (nSPS) is 14.6. The van der Waals surface area contributed by atoms with Gasteiger partial charge < -0.3 is 14.8 Å². The molecule has 0 bridgehead atoms. The number of aryl methyl sites for hydroxylation is 2. The van der Waals surface area contributed by atoms with E-state index in [9.17, 15) is 0 Å². The zero-order valence-corrected chi connectivity index (χ0v) is 15.4. The van der Waals surface area contributed by atoms with Crippen LogP contribution in [0.4, 0.5) is 0 Å². The average Bonchev–Trinajstić information content (AvgIpc) is 2.66. The SMILES string of the molecule is CNCC(COc1ccc2c(c1)CCCC2)Cc1cccc(OC)c1. The molecule has 3 heteroatoms. The lowest BCUT2D eigenvalue weighted by atomic mass is 9.92. The molecule has 1 aliphatic carbocycles. The highest BCUT2D eigenvalue weighted by Crippen LogP contribution is 2.26. The quantitative estimate of drug-likeness (QED) is 0.787. The zero-order chi connectivity index (χ0) is 17.5. The van der Waals surface area contributed by atoms with E-state index in [4.69, 9.17) is 9.47 Å². The molecule has 0 saturated carbocycles. The first kappa shape index (κ1) is 17.8. The average molecular weight is 339 g/mol. The molecule has 25 heavy (non-hydrogen) atoms. The van der Waals surface area contributed by atoms with Crippen LogP contribution in [-0.4, -0.2) is 27.3 Å². The van der Waals surface area contributed by atoms with Crippen LogP contribution in [0.1, 0.15) is 29.5 Å². The van der Waals surface area contributed by atoms with Crippen LogP contribution in [0.15, 0.2) is 42.5 Å². The van der Waals surface area contributed by atoms with Crippen LogP contribution in [0, 0.1) is 5.92 Å². The lowest BCUT2D eigenvalue weighted by molar-refractivity contribution is 0.245. The molecule has 0 saturated heterocycles. The van der Waals surface area contributed by atoms with Crippen molar-refractivity contribution in [3.8, 4) is 11.5 Å². The van der Waals surface area contributed by atoms with Crippen molar-refractivity contribution in [2.45, 2.75) is 32.1 Å². The number of ether oxygens (including phenoxy) is 2. The lowest BCUT2D eigenvalue weighted by Crippen LogP contribution is -2.26. The Bertz CT molecular complexity index is 683. The minimum Gasteiger partial charge on any atom is -0.497 e. The number of benzene rings is 2. The molecule has 0 spiro atoms. The van der Waals surface area contributed by atoms with Gasteiger partial charge in [-0.15, -0.1) is 0 Å². The molecule has 1 unspecified atom stereocenters. The Morgan fingerprint density at radius 1 is 1.00 bits per heavy atom. The van der Waals surface area contributed by atoms with Crippen molar-refractivity contribution in [3.63, 3.8) is 0 Å². The first-order valence-corrected chi connectivity index (χ1v) is 9.30. The number of fused-ring (bicyclic) bond motifs is 1. The third-order valence-electron chi connectivity index (χ3n) is 4.96. The van der Waals surface area contributed by atoms with Gasteiger partial charge >= 0.3 is 0 Å². The molecule has 2 aromatic carbocycles. The molecule has 0 aromatic heterocycles.